The Kier molecular flexibility index (Phi) is 56.6. The van der Waals surface area contributed by atoms with Gasteiger partial charge in [0.1, 0.15) is 0 Å². The zero-order chi connectivity index (χ0) is 21.3. The van der Waals surface area contributed by atoms with E-state index in [2.05, 4.69) is 0 Å². The van der Waals surface area contributed by atoms with E-state index in [4.69, 9.17) is 40.9 Å². The van der Waals surface area contributed by atoms with Gasteiger partial charge in [0.05, 0.1) is 25.7 Å². The Labute approximate surface area is 192 Å². The number of hydrogen-bond donors (Lipinski definition) is 8. The molecule has 23 nitrogen and oxygen atoms in total. The predicted octanol–water partition coefficient (Wildman–Crippen LogP) is -9.92. The van der Waals surface area contributed by atoms with Crippen LogP contribution in [-0.4, -0.2) is 137 Å². The highest BCUT2D eigenvalue weighted by atomic mass is 16.4. The molecule has 0 heterocycles. The maximum absolute atomic E-state index is 10.3. The number of rotatable bonds is 10. The molecule has 35 heavy (non-hydrogen) atoms. The van der Waals surface area contributed by atoms with Crippen LogP contribution in [-0.2, 0) is 28.8 Å². The summed E-state index contributed by atoms with van der Waals surface area (Å²) in [5.41, 5.74) is -5.48. The highest BCUT2D eigenvalue weighted by Gasteiger charge is 2.41. The van der Waals surface area contributed by atoms with Gasteiger partial charge in [-0.05, 0) is 0 Å². The van der Waals surface area contributed by atoms with Gasteiger partial charge in [0.15, 0.2) is 11.2 Å². The number of carboxylic acid groups (broad SMARTS) is 6. The monoisotopic (exact) mass is 546 g/mol. The Morgan fingerprint density at radius 1 is 0.371 bits per heavy atom. The summed E-state index contributed by atoms with van der Waals surface area (Å²) in [6.07, 6.45) is -4.58. The van der Waals surface area contributed by atoms with Crippen molar-refractivity contribution in [2.24, 2.45) is 0 Å². The van der Waals surface area contributed by atoms with E-state index in [9.17, 15) is 28.8 Å². The quantitative estimate of drug-likeness (QED) is 0.126. The summed E-state index contributed by atoms with van der Waals surface area (Å²) < 4.78 is 0. The van der Waals surface area contributed by atoms with E-state index in [1.54, 1.807) is 0 Å². The van der Waals surface area contributed by atoms with E-state index in [1.165, 1.54) is 0 Å². The molecule has 0 fully saturated rings. The zero-order valence-electron chi connectivity index (χ0n) is 17.4. The van der Waals surface area contributed by atoms with Crippen LogP contribution in [0.4, 0.5) is 0 Å². The Morgan fingerprint density at radius 3 is 0.543 bits per heavy atom. The SMILES string of the molecule is O.O.O.O.O.O.O.O.O.O=C(O)CC(O)(CC(=O)O)C(=O)O.O=C(O)CC(O)(CC(=O)O)C(=O)O. The lowest BCUT2D eigenvalue weighted by Crippen LogP contribution is -2.42. The van der Waals surface area contributed by atoms with Crippen LogP contribution in [0.15, 0.2) is 0 Å². The van der Waals surface area contributed by atoms with Gasteiger partial charge in [0.2, 0.25) is 0 Å². The second kappa shape index (κ2) is 28.4. The highest BCUT2D eigenvalue weighted by molar-refractivity contribution is 5.88. The summed E-state index contributed by atoms with van der Waals surface area (Å²) >= 11 is 0. The molecule has 23 heteroatoms. The third-order valence-electron chi connectivity index (χ3n) is 2.57. The normalized spacial score (nSPS) is 8.06. The third kappa shape index (κ3) is 30.4. The summed E-state index contributed by atoms with van der Waals surface area (Å²) in [5.74, 6) is -10.0. The lowest BCUT2D eigenvalue weighted by atomic mass is 9.96. The summed E-state index contributed by atoms with van der Waals surface area (Å²) in [6, 6.07) is 0. The first-order valence-corrected chi connectivity index (χ1v) is 6.34. The number of carbonyl (C=O) groups is 6. The molecule has 0 spiro atoms. The first kappa shape index (κ1) is 69.7. The Bertz CT molecular complexity index is 513. The first-order valence-electron chi connectivity index (χ1n) is 6.34. The fraction of sp³-hybridized carbons (Fsp3) is 0.500. The number of hydrogen-bond acceptors (Lipinski definition) is 8. The van der Waals surface area contributed by atoms with E-state index in [1.807, 2.05) is 0 Å². The van der Waals surface area contributed by atoms with Gasteiger partial charge in [-0.1, -0.05) is 0 Å². The second-order valence-electron chi connectivity index (χ2n) is 4.96. The second-order valence-corrected chi connectivity index (χ2v) is 4.96. The Morgan fingerprint density at radius 2 is 0.486 bits per heavy atom. The maximum atomic E-state index is 10.3. The Hall–Kier alpha value is -3.62. The molecule has 0 aromatic rings. The van der Waals surface area contributed by atoms with E-state index >= 15 is 0 Å². The number of carboxylic acids is 6. The van der Waals surface area contributed by atoms with E-state index < -0.39 is 72.7 Å². The molecule has 0 radical (unpaired) electrons. The fourth-order valence-corrected chi connectivity index (χ4v) is 1.43. The van der Waals surface area contributed by atoms with Gasteiger partial charge in [-0.25, -0.2) is 9.59 Å². The molecule has 0 saturated heterocycles. The predicted molar refractivity (Wildman–Crippen MR) is 107 cm³/mol. The molecule has 26 N–H and O–H groups in total. The molecule has 0 atom stereocenters. The van der Waals surface area contributed by atoms with Crippen LogP contribution in [0.1, 0.15) is 25.7 Å². The van der Waals surface area contributed by atoms with Crippen molar-refractivity contribution in [3.63, 3.8) is 0 Å². The smallest absolute Gasteiger partial charge is 0.336 e. The largest absolute Gasteiger partial charge is 0.481 e. The van der Waals surface area contributed by atoms with Crippen molar-refractivity contribution in [1.29, 1.82) is 0 Å². The Balaban J connectivity index is -0.0000000291. The van der Waals surface area contributed by atoms with Gasteiger partial charge in [-0.3, -0.25) is 19.2 Å². The molecular formula is C12H34O23. The van der Waals surface area contributed by atoms with Crippen molar-refractivity contribution in [2.75, 3.05) is 0 Å². The van der Waals surface area contributed by atoms with Crippen LogP contribution in [0.25, 0.3) is 0 Å². The molecule has 220 valence electrons. The minimum Gasteiger partial charge on any atom is -0.481 e. The maximum Gasteiger partial charge on any atom is 0.336 e. The molecular weight excluding hydrogens is 512 g/mol. The van der Waals surface area contributed by atoms with Crippen molar-refractivity contribution in [1.82, 2.24) is 0 Å². The molecule has 0 unspecified atom stereocenters. The summed E-state index contributed by atoms with van der Waals surface area (Å²) in [5, 5.41) is 67.6. The lowest BCUT2D eigenvalue weighted by Gasteiger charge is -2.18. The van der Waals surface area contributed by atoms with Crippen LogP contribution in [0, 0.1) is 0 Å². The van der Waals surface area contributed by atoms with Crippen LogP contribution in [0.3, 0.4) is 0 Å². The standard InChI is InChI=1S/2C6H8O7.9H2O/c2*7-3(8)1-6(13,5(11)12)2-4(9)10;;;;;;;;;/h2*13H,1-2H2,(H,7,8)(H,9,10)(H,11,12);9*1H2. The average molecular weight is 546 g/mol. The van der Waals surface area contributed by atoms with Gasteiger partial charge in [-0.2, -0.15) is 0 Å². The summed E-state index contributed by atoms with van der Waals surface area (Å²) in [7, 11) is 0. The number of aliphatic hydroxyl groups is 2. The van der Waals surface area contributed by atoms with Gasteiger partial charge in [0.25, 0.3) is 0 Å². The molecule has 0 amide bonds. The van der Waals surface area contributed by atoms with Crippen LogP contribution in [0.2, 0.25) is 0 Å². The van der Waals surface area contributed by atoms with Crippen molar-refractivity contribution in [2.45, 2.75) is 36.9 Å². The number of aliphatic carboxylic acids is 6. The zero-order valence-corrected chi connectivity index (χ0v) is 17.4. The molecule has 0 aromatic heterocycles. The topological polar surface area (TPSA) is 548 Å². The van der Waals surface area contributed by atoms with Crippen LogP contribution in [0.5, 0.6) is 0 Å². The fourth-order valence-electron chi connectivity index (χ4n) is 1.43. The highest BCUT2D eigenvalue weighted by Crippen LogP contribution is 2.16. The molecule has 0 saturated carbocycles. The molecule has 0 aliphatic heterocycles. The molecule has 0 rings (SSSR count). The van der Waals surface area contributed by atoms with Gasteiger partial charge in [0, 0.05) is 0 Å². The van der Waals surface area contributed by atoms with Crippen molar-refractivity contribution in [3.8, 4) is 0 Å². The minimum atomic E-state index is -2.74. The minimum absolute atomic E-state index is 0. The van der Waals surface area contributed by atoms with Crippen molar-refractivity contribution >= 4 is 35.8 Å². The van der Waals surface area contributed by atoms with Crippen LogP contribution >= 0.6 is 0 Å². The van der Waals surface area contributed by atoms with Gasteiger partial charge in [-0.15, -0.1) is 0 Å². The first-order chi connectivity index (χ1) is 11.6. The average Bonchev–Trinajstić information content (AvgIpc) is 2.34. The van der Waals surface area contributed by atoms with E-state index in [-0.39, 0.29) is 49.3 Å². The third-order valence-corrected chi connectivity index (χ3v) is 2.57. The van der Waals surface area contributed by atoms with Crippen molar-refractivity contribution in [3.05, 3.63) is 0 Å². The summed E-state index contributed by atoms with van der Waals surface area (Å²) in [6.45, 7) is 0. The van der Waals surface area contributed by atoms with Crippen LogP contribution < -0.4 is 0 Å². The van der Waals surface area contributed by atoms with Crippen molar-refractivity contribution < 1.29 is 119 Å². The molecule has 0 bridgehead atoms. The molecule has 0 aliphatic carbocycles. The molecule has 0 aliphatic rings. The molecule has 0 aromatic carbocycles. The lowest BCUT2D eigenvalue weighted by molar-refractivity contribution is -0.170. The van der Waals surface area contributed by atoms with Gasteiger partial charge < -0.3 is 90.1 Å². The summed E-state index contributed by atoms with van der Waals surface area (Å²) in [4.78, 5) is 61.0. The van der Waals surface area contributed by atoms with E-state index in [0.717, 1.165) is 0 Å². The van der Waals surface area contributed by atoms with E-state index in [0.29, 0.717) is 0 Å². The van der Waals surface area contributed by atoms with Gasteiger partial charge >= 0.3 is 35.8 Å².